The number of methoxy groups -OCH3 is 3. The summed E-state index contributed by atoms with van der Waals surface area (Å²) < 4.78 is 15.5. The summed E-state index contributed by atoms with van der Waals surface area (Å²) >= 11 is 0. The van der Waals surface area contributed by atoms with Crippen molar-refractivity contribution in [3.8, 4) is 39.8 Å². The van der Waals surface area contributed by atoms with Crippen molar-refractivity contribution in [1.82, 2.24) is 9.97 Å². The number of aromatic hydroxyl groups is 1. The maximum absolute atomic E-state index is 12.9. The first-order valence-corrected chi connectivity index (χ1v) is 10.9. The van der Waals surface area contributed by atoms with Crippen LogP contribution in [0.15, 0.2) is 24.3 Å². The van der Waals surface area contributed by atoms with Crippen LogP contribution in [-0.4, -0.2) is 71.2 Å². The predicted octanol–water partition coefficient (Wildman–Crippen LogP) is 1.84. The molecule has 0 bridgehead atoms. The normalized spacial score (nSPS) is 16.9. The first-order chi connectivity index (χ1) is 17.6. The van der Waals surface area contributed by atoms with Crippen LogP contribution in [0.3, 0.4) is 0 Å². The quantitative estimate of drug-likeness (QED) is 0.377. The number of aromatic nitrogens is 2. The van der Waals surface area contributed by atoms with E-state index in [1.54, 1.807) is 0 Å². The van der Waals surface area contributed by atoms with Crippen molar-refractivity contribution in [3.05, 3.63) is 46.8 Å². The van der Waals surface area contributed by atoms with Gasteiger partial charge in [-0.1, -0.05) is 0 Å². The minimum absolute atomic E-state index is 0.0178. The molecule has 6 N–H and O–H groups in total. The van der Waals surface area contributed by atoms with Gasteiger partial charge in [0.15, 0.2) is 23.0 Å². The van der Waals surface area contributed by atoms with Crippen molar-refractivity contribution in [3.63, 3.8) is 0 Å². The van der Waals surface area contributed by atoms with Crippen molar-refractivity contribution >= 4 is 23.2 Å². The zero-order valence-corrected chi connectivity index (χ0v) is 20.4. The average molecular weight is 508 g/mol. The highest BCUT2D eigenvalue weighted by Crippen LogP contribution is 2.47. The largest absolute Gasteiger partial charge is 0.504 e. The molecule has 0 saturated carbocycles. The number of fused-ring (bicyclic) bond motifs is 1. The molecule has 0 radical (unpaired) electrons. The van der Waals surface area contributed by atoms with Gasteiger partial charge in [0.1, 0.15) is 23.5 Å². The number of Topliss-reactive ketones (excluding diaryl/α,β-unsaturated/α-hetero) is 2. The first kappa shape index (κ1) is 25.5. The number of hydrogen-bond acceptors (Lipinski definition) is 11. The van der Waals surface area contributed by atoms with Crippen LogP contribution < -0.4 is 20.9 Å². The Morgan fingerprint density at radius 3 is 2.24 bits per heavy atom. The van der Waals surface area contributed by atoms with Crippen molar-refractivity contribution in [2.45, 2.75) is 19.1 Å². The minimum Gasteiger partial charge on any atom is -0.504 e. The minimum atomic E-state index is -1.35. The Bertz CT molecular complexity index is 1470. The highest BCUT2D eigenvalue weighted by molar-refractivity contribution is 6.18. The number of carbonyl (C=O) groups excluding carboxylic acids is 2. The highest BCUT2D eigenvalue weighted by atomic mass is 16.5. The molecular weight excluding hydrogens is 484 g/mol. The number of phenolic OH excluding ortho intramolecular Hbond substituents is 1. The summed E-state index contributed by atoms with van der Waals surface area (Å²) in [6.07, 6.45) is -1.14. The predicted molar refractivity (Wildman–Crippen MR) is 131 cm³/mol. The fourth-order valence-electron chi connectivity index (χ4n) is 4.40. The number of rotatable bonds is 6. The lowest BCUT2D eigenvalue weighted by Crippen LogP contribution is -2.51. The summed E-state index contributed by atoms with van der Waals surface area (Å²) in [5, 5.41) is 20.8. The second kappa shape index (κ2) is 9.48. The number of pyridine rings is 2. The Hall–Kier alpha value is -4.55. The Balaban J connectivity index is 1.99. The number of nitrogens with zero attached hydrogens (tertiary/aromatic N) is 2. The van der Waals surface area contributed by atoms with Gasteiger partial charge in [0, 0.05) is 23.8 Å². The number of carboxylic acids is 1. The van der Waals surface area contributed by atoms with Gasteiger partial charge in [-0.2, -0.15) is 0 Å². The van der Waals surface area contributed by atoms with Gasteiger partial charge in [0.05, 0.1) is 25.6 Å². The molecular formula is C25H24N4O8. The molecule has 0 fully saturated rings. The lowest BCUT2D eigenvalue weighted by Gasteiger charge is -2.26. The van der Waals surface area contributed by atoms with Crippen LogP contribution in [0.4, 0.5) is 5.69 Å². The van der Waals surface area contributed by atoms with Crippen molar-refractivity contribution < 1.29 is 38.8 Å². The Labute approximate surface area is 210 Å². The van der Waals surface area contributed by atoms with E-state index in [-0.39, 0.29) is 68.0 Å². The van der Waals surface area contributed by atoms with Gasteiger partial charge in [0.25, 0.3) is 0 Å². The van der Waals surface area contributed by atoms with Crippen molar-refractivity contribution in [2.24, 2.45) is 5.73 Å². The molecule has 2 aromatic heterocycles. The average Bonchev–Trinajstić information content (AvgIpc) is 2.88. The molecule has 0 aliphatic heterocycles. The highest BCUT2D eigenvalue weighted by Gasteiger charge is 2.41. The molecule has 12 heteroatoms. The Kier molecular flexibility index (Phi) is 6.55. The van der Waals surface area contributed by atoms with Gasteiger partial charge in [0.2, 0.25) is 11.5 Å². The maximum atomic E-state index is 12.9. The molecule has 0 amide bonds. The van der Waals surface area contributed by atoms with Gasteiger partial charge in [-0.05, 0) is 36.8 Å². The Morgan fingerprint density at radius 1 is 0.973 bits per heavy atom. The van der Waals surface area contributed by atoms with Crippen LogP contribution in [0.5, 0.6) is 17.2 Å². The summed E-state index contributed by atoms with van der Waals surface area (Å²) in [5.74, 6) is -2.54. The number of ketones is 2. The van der Waals surface area contributed by atoms with E-state index < -0.39 is 29.7 Å². The van der Waals surface area contributed by atoms with E-state index in [1.165, 1.54) is 52.5 Å². The van der Waals surface area contributed by atoms with Gasteiger partial charge in [-0.3, -0.25) is 9.59 Å². The first-order valence-electron chi connectivity index (χ1n) is 10.9. The van der Waals surface area contributed by atoms with Crippen LogP contribution in [0.1, 0.15) is 36.9 Å². The third-order valence-corrected chi connectivity index (χ3v) is 6.25. The molecule has 2 atom stereocenters. The van der Waals surface area contributed by atoms with Crippen LogP contribution in [-0.2, 0) is 4.74 Å². The number of nitrogen functional groups attached to an aromatic ring is 1. The summed E-state index contributed by atoms with van der Waals surface area (Å²) in [4.78, 5) is 46.2. The smallest absolute Gasteiger partial charge is 0.354 e. The maximum Gasteiger partial charge on any atom is 0.354 e. The molecule has 12 nitrogen and oxygen atoms in total. The zero-order valence-electron chi connectivity index (χ0n) is 20.4. The third-order valence-electron chi connectivity index (χ3n) is 6.25. The zero-order chi connectivity index (χ0) is 27.2. The van der Waals surface area contributed by atoms with E-state index in [4.69, 9.17) is 25.7 Å². The van der Waals surface area contributed by atoms with E-state index in [2.05, 4.69) is 9.97 Å². The van der Waals surface area contributed by atoms with Crippen LogP contribution in [0.2, 0.25) is 0 Å². The number of benzene rings is 1. The van der Waals surface area contributed by atoms with Crippen LogP contribution in [0.25, 0.3) is 22.5 Å². The summed E-state index contributed by atoms with van der Waals surface area (Å²) in [5.41, 5.74) is 12.3. The molecule has 192 valence electrons. The van der Waals surface area contributed by atoms with Crippen LogP contribution in [0, 0.1) is 6.92 Å². The number of carbonyl (C=O) groups is 3. The molecule has 1 aliphatic carbocycles. The number of nitrogens with two attached hydrogens (primary N) is 2. The van der Waals surface area contributed by atoms with Crippen molar-refractivity contribution in [2.75, 3.05) is 27.1 Å². The fourth-order valence-corrected chi connectivity index (χ4v) is 4.40. The summed E-state index contributed by atoms with van der Waals surface area (Å²) in [6, 6.07) is 4.53. The molecule has 4 rings (SSSR count). The van der Waals surface area contributed by atoms with E-state index in [1.807, 2.05) is 0 Å². The fraction of sp³-hybridized carbons (Fsp3) is 0.240. The lowest BCUT2D eigenvalue weighted by atomic mass is 9.87. The van der Waals surface area contributed by atoms with E-state index >= 15 is 0 Å². The number of phenols is 1. The second-order valence-electron chi connectivity index (χ2n) is 8.23. The number of anilines is 1. The SMILES string of the molecule is COc1ccc(-c2c(C)c(C(=O)O)nc(-c3ccc4c(n3)C(=O)C(N)C(OC)C4=O)c2N)c(O)c1OC. The molecule has 0 saturated heterocycles. The third kappa shape index (κ3) is 3.92. The van der Waals surface area contributed by atoms with Gasteiger partial charge in [-0.25, -0.2) is 14.8 Å². The number of hydrogen-bond donors (Lipinski definition) is 4. The Morgan fingerprint density at radius 2 is 1.65 bits per heavy atom. The molecule has 2 unspecified atom stereocenters. The van der Waals surface area contributed by atoms with Crippen LogP contribution >= 0.6 is 0 Å². The van der Waals surface area contributed by atoms with Crippen molar-refractivity contribution in [1.29, 1.82) is 0 Å². The number of carboxylic acid groups (broad SMARTS) is 1. The number of ether oxygens (including phenoxy) is 3. The molecule has 3 aromatic rings. The molecule has 2 heterocycles. The van der Waals surface area contributed by atoms with E-state index in [0.29, 0.717) is 0 Å². The van der Waals surface area contributed by atoms with Gasteiger partial charge in [-0.15, -0.1) is 0 Å². The summed E-state index contributed by atoms with van der Waals surface area (Å²) in [7, 11) is 4.02. The van der Waals surface area contributed by atoms with E-state index in [0.717, 1.165) is 0 Å². The molecule has 37 heavy (non-hydrogen) atoms. The second-order valence-corrected chi connectivity index (χ2v) is 8.23. The van der Waals surface area contributed by atoms with Gasteiger partial charge < -0.3 is 35.9 Å². The summed E-state index contributed by atoms with van der Waals surface area (Å²) in [6.45, 7) is 1.49. The molecule has 0 spiro atoms. The topological polar surface area (TPSA) is 197 Å². The van der Waals surface area contributed by atoms with E-state index in [9.17, 15) is 24.6 Å². The number of aromatic carboxylic acids is 1. The van der Waals surface area contributed by atoms with Gasteiger partial charge >= 0.3 is 5.97 Å². The standard InChI is InChI=1S/C25H24N4O8/c1-9-14(10-6-8-13(35-2)23(36-3)20(10)30)15(26)19(29-17(9)25(33)34)12-7-5-11-18(28-12)22(32)16(27)24(37-4)21(11)31/h5-8,16,24,30H,26-27H2,1-4H3,(H,33,34). The monoisotopic (exact) mass is 508 g/mol. The lowest BCUT2D eigenvalue weighted by molar-refractivity contribution is 0.0456. The molecule has 1 aliphatic rings. The molecule has 1 aromatic carbocycles.